The minimum absolute atomic E-state index is 0.0650. The van der Waals surface area contributed by atoms with Crippen molar-refractivity contribution in [2.75, 3.05) is 6.61 Å². The van der Waals surface area contributed by atoms with Crippen molar-refractivity contribution in [3.63, 3.8) is 0 Å². The smallest absolute Gasteiger partial charge is 0.309 e. The first-order chi connectivity index (χ1) is 15.0. The molecule has 0 bridgehead atoms. The van der Waals surface area contributed by atoms with Crippen molar-refractivity contribution in [2.24, 2.45) is 10.8 Å². The second-order valence-corrected chi connectivity index (χ2v) is 10.5. The summed E-state index contributed by atoms with van der Waals surface area (Å²) >= 11 is 0. The molecule has 0 aromatic rings. The summed E-state index contributed by atoms with van der Waals surface area (Å²) in [5.41, 5.74) is 2.31. The predicted molar refractivity (Wildman–Crippen MR) is 126 cm³/mol. The largest absolute Gasteiger partial charge is 0.481 e. The number of hydrogen-bond donors (Lipinski definition) is 2. The Morgan fingerprint density at radius 1 is 0.719 bits per heavy atom. The third kappa shape index (κ3) is 7.13. The summed E-state index contributed by atoms with van der Waals surface area (Å²) in [7, 11) is 0. The number of carboxylic acid groups (broad SMARTS) is 1. The maximum atomic E-state index is 12.6. The van der Waals surface area contributed by atoms with E-state index in [2.05, 4.69) is 0 Å². The van der Waals surface area contributed by atoms with Gasteiger partial charge in [0.05, 0.1) is 5.41 Å². The van der Waals surface area contributed by atoms with Gasteiger partial charge in [0.1, 0.15) is 0 Å². The lowest BCUT2D eigenvalue weighted by atomic mass is 9.86. The van der Waals surface area contributed by atoms with E-state index in [1.165, 1.54) is 0 Å². The Morgan fingerprint density at radius 3 is 1.47 bits per heavy atom. The molecule has 0 atom stereocenters. The van der Waals surface area contributed by atoms with Gasteiger partial charge < -0.3 is 10.2 Å². The number of aliphatic hydroxyl groups excluding tert-OH is 1. The van der Waals surface area contributed by atoms with Crippen molar-refractivity contribution in [1.29, 1.82) is 0 Å². The molecule has 0 amide bonds. The van der Waals surface area contributed by atoms with Gasteiger partial charge in [-0.1, -0.05) is 38.2 Å². The van der Waals surface area contributed by atoms with Gasteiger partial charge >= 0.3 is 5.97 Å². The Kier molecular flexibility index (Phi) is 8.97. The highest BCUT2D eigenvalue weighted by Gasteiger charge is 2.27. The minimum Gasteiger partial charge on any atom is -0.481 e. The van der Waals surface area contributed by atoms with Gasteiger partial charge in [-0.3, -0.25) is 14.4 Å². The molecule has 176 valence electrons. The number of carboxylic acids is 1. The topological polar surface area (TPSA) is 91.7 Å². The lowest BCUT2D eigenvalue weighted by Gasteiger charge is -2.21. The number of rotatable bonds is 14. The van der Waals surface area contributed by atoms with E-state index in [4.69, 9.17) is 0 Å². The van der Waals surface area contributed by atoms with Crippen molar-refractivity contribution < 1.29 is 24.6 Å². The van der Waals surface area contributed by atoms with Crippen molar-refractivity contribution in [1.82, 2.24) is 0 Å². The van der Waals surface area contributed by atoms with Crippen molar-refractivity contribution in [3.05, 3.63) is 46.6 Å². The van der Waals surface area contributed by atoms with Crippen molar-refractivity contribution in [2.45, 2.75) is 85.5 Å². The highest BCUT2D eigenvalue weighted by Crippen LogP contribution is 2.30. The minimum atomic E-state index is -0.814. The SMILES string of the molecule is CC(C)(CO)CCCC1=CC=C(CCCC2=CC=C(CCCC(C)(C)C(=O)O)C2=O)C1=O. The standard InChI is InChI=1S/C27H38O5/c1-26(2,18-28)16-6-10-21-14-12-19(23(21)29)8-5-9-20-13-15-22(24(20)30)11-7-17-27(3,4)25(31)32/h12-15,28H,5-11,16-18H2,1-4H3,(H,31,32). The van der Waals surface area contributed by atoms with E-state index in [9.17, 15) is 24.6 Å². The van der Waals surface area contributed by atoms with Crippen LogP contribution in [0.5, 0.6) is 0 Å². The van der Waals surface area contributed by atoms with Gasteiger partial charge in [-0.05, 0) is 99.3 Å². The van der Waals surface area contributed by atoms with Crippen LogP contribution < -0.4 is 0 Å². The van der Waals surface area contributed by atoms with Gasteiger partial charge in [-0.2, -0.15) is 0 Å². The molecule has 2 rings (SSSR count). The molecule has 2 N–H and O–H groups in total. The first-order valence-electron chi connectivity index (χ1n) is 11.7. The van der Waals surface area contributed by atoms with Crippen LogP contribution in [-0.2, 0) is 14.4 Å². The number of carbonyl (C=O) groups is 3. The van der Waals surface area contributed by atoms with Crippen LogP contribution in [0.4, 0.5) is 0 Å². The second kappa shape index (κ2) is 11.0. The Bertz CT molecular complexity index is 864. The number of Topliss-reactive ketones (excluding diaryl/α,β-unsaturated/α-hetero) is 2. The number of aliphatic carboxylic acids is 1. The van der Waals surface area contributed by atoms with Crippen LogP contribution in [0.15, 0.2) is 46.6 Å². The van der Waals surface area contributed by atoms with Crippen LogP contribution >= 0.6 is 0 Å². The molecule has 0 aliphatic heterocycles. The summed E-state index contributed by atoms with van der Waals surface area (Å²) in [6, 6.07) is 0. The fourth-order valence-electron chi connectivity index (χ4n) is 4.04. The molecule has 2 aliphatic rings. The zero-order valence-electron chi connectivity index (χ0n) is 20.0. The van der Waals surface area contributed by atoms with Gasteiger partial charge in [0, 0.05) is 6.61 Å². The molecule has 32 heavy (non-hydrogen) atoms. The summed E-state index contributed by atoms with van der Waals surface area (Å²) < 4.78 is 0. The Labute approximate surface area is 192 Å². The zero-order valence-corrected chi connectivity index (χ0v) is 20.0. The lowest BCUT2D eigenvalue weighted by molar-refractivity contribution is -0.147. The molecule has 0 saturated carbocycles. The molecular weight excluding hydrogens is 404 g/mol. The van der Waals surface area contributed by atoms with Crippen LogP contribution in [0.25, 0.3) is 0 Å². The first-order valence-corrected chi connectivity index (χ1v) is 11.7. The van der Waals surface area contributed by atoms with Crippen LogP contribution in [0.1, 0.15) is 85.5 Å². The number of ketones is 2. The molecule has 0 radical (unpaired) electrons. The van der Waals surface area contributed by atoms with E-state index in [1.807, 2.05) is 38.2 Å². The number of allylic oxidation sites excluding steroid dienone is 8. The van der Waals surface area contributed by atoms with E-state index in [1.54, 1.807) is 13.8 Å². The molecule has 0 unspecified atom stereocenters. The van der Waals surface area contributed by atoms with E-state index in [0.717, 1.165) is 48.0 Å². The molecule has 2 aliphatic carbocycles. The Hall–Kier alpha value is -2.27. The van der Waals surface area contributed by atoms with Gasteiger partial charge in [0.15, 0.2) is 11.6 Å². The monoisotopic (exact) mass is 442 g/mol. The molecule has 0 aromatic carbocycles. The number of carbonyl (C=O) groups excluding carboxylic acids is 2. The molecule has 0 saturated heterocycles. The summed E-state index contributed by atoms with van der Waals surface area (Å²) in [5.74, 6) is -0.626. The molecule has 0 spiro atoms. The van der Waals surface area contributed by atoms with Crippen LogP contribution in [0, 0.1) is 10.8 Å². The number of aliphatic hydroxyl groups is 1. The van der Waals surface area contributed by atoms with E-state index in [0.29, 0.717) is 32.1 Å². The zero-order chi connectivity index (χ0) is 23.9. The second-order valence-electron chi connectivity index (χ2n) is 10.5. The van der Waals surface area contributed by atoms with Gasteiger partial charge in [0.25, 0.3) is 0 Å². The summed E-state index contributed by atoms with van der Waals surface area (Å²) in [5, 5.41) is 18.6. The Balaban J connectivity index is 1.68. The maximum Gasteiger partial charge on any atom is 0.309 e. The normalized spacial score (nSPS) is 16.8. The average Bonchev–Trinajstić information content (AvgIpc) is 3.25. The summed E-state index contributed by atoms with van der Waals surface area (Å²) in [6.45, 7) is 7.61. The highest BCUT2D eigenvalue weighted by atomic mass is 16.4. The van der Waals surface area contributed by atoms with Crippen molar-refractivity contribution >= 4 is 17.5 Å². The van der Waals surface area contributed by atoms with Crippen LogP contribution in [-0.4, -0.2) is 34.4 Å². The van der Waals surface area contributed by atoms with E-state index in [-0.39, 0.29) is 23.6 Å². The predicted octanol–water partition coefficient (Wildman–Crippen LogP) is 5.50. The highest BCUT2D eigenvalue weighted by molar-refractivity contribution is 6.12. The van der Waals surface area contributed by atoms with Gasteiger partial charge in [-0.25, -0.2) is 0 Å². The van der Waals surface area contributed by atoms with Crippen LogP contribution in [0.3, 0.4) is 0 Å². The quantitative estimate of drug-likeness (QED) is 0.371. The summed E-state index contributed by atoms with van der Waals surface area (Å²) in [6.07, 6.45) is 13.9. The van der Waals surface area contributed by atoms with E-state index >= 15 is 0 Å². The number of hydrogen-bond acceptors (Lipinski definition) is 4. The summed E-state index contributed by atoms with van der Waals surface area (Å²) in [4.78, 5) is 36.4. The fraction of sp³-hybridized carbons (Fsp3) is 0.593. The van der Waals surface area contributed by atoms with Crippen LogP contribution in [0.2, 0.25) is 0 Å². The lowest BCUT2D eigenvalue weighted by Crippen LogP contribution is -2.23. The maximum absolute atomic E-state index is 12.6. The third-order valence-corrected chi connectivity index (χ3v) is 6.58. The Morgan fingerprint density at radius 2 is 1.09 bits per heavy atom. The van der Waals surface area contributed by atoms with Gasteiger partial charge in [-0.15, -0.1) is 0 Å². The average molecular weight is 443 g/mol. The molecule has 0 aromatic heterocycles. The third-order valence-electron chi connectivity index (χ3n) is 6.58. The molecule has 5 heteroatoms. The first kappa shape index (κ1) is 26.0. The van der Waals surface area contributed by atoms with Crippen molar-refractivity contribution in [3.8, 4) is 0 Å². The molecule has 5 nitrogen and oxygen atoms in total. The molecule has 0 fully saturated rings. The molecular formula is C27H38O5. The molecule has 0 heterocycles. The fourth-order valence-corrected chi connectivity index (χ4v) is 4.04. The van der Waals surface area contributed by atoms with E-state index < -0.39 is 11.4 Å². The van der Waals surface area contributed by atoms with Gasteiger partial charge in [0.2, 0.25) is 0 Å².